The molecule has 1 N–H and O–H groups in total. The average molecular weight is 464 g/mol. The lowest BCUT2D eigenvalue weighted by Gasteiger charge is -2.14. The van der Waals surface area contributed by atoms with Gasteiger partial charge in [-0.3, -0.25) is 9.36 Å². The number of halogens is 1. The van der Waals surface area contributed by atoms with Gasteiger partial charge < -0.3 is 14.8 Å². The molecule has 1 heterocycles. The number of benzene rings is 3. The van der Waals surface area contributed by atoms with Gasteiger partial charge in [-0.2, -0.15) is 4.98 Å². The van der Waals surface area contributed by atoms with Crippen molar-refractivity contribution in [3.8, 4) is 22.8 Å². The van der Waals surface area contributed by atoms with Crippen molar-refractivity contribution >= 4 is 28.4 Å². The fraction of sp³-hybridized carbons (Fsp3) is 0.160. The van der Waals surface area contributed by atoms with E-state index >= 15 is 0 Å². The summed E-state index contributed by atoms with van der Waals surface area (Å²) in [4.78, 5) is 29.9. The summed E-state index contributed by atoms with van der Waals surface area (Å²) in [5.41, 5.74) is 2.14. The Morgan fingerprint density at radius 1 is 1.03 bits per heavy atom. The molecule has 0 saturated heterocycles. The van der Waals surface area contributed by atoms with Gasteiger partial charge in [0.25, 0.3) is 0 Å². The summed E-state index contributed by atoms with van der Waals surface area (Å²) >= 11 is 6.23. The van der Waals surface area contributed by atoms with Crippen LogP contribution in [0.3, 0.4) is 0 Å². The Morgan fingerprint density at radius 2 is 1.82 bits per heavy atom. The van der Waals surface area contributed by atoms with Crippen LogP contribution in [0.5, 0.6) is 11.5 Å². The topological polar surface area (TPSA) is 82.5 Å². The average Bonchev–Trinajstić information content (AvgIpc) is 2.84. The molecule has 0 aliphatic rings. The zero-order valence-corrected chi connectivity index (χ0v) is 18.9. The molecule has 168 valence electrons. The standard InChI is InChI=1S/C25H22ClN3O4/c1-32-19-9-11-22(33-2)17(12-19)14-27-23(30)15-29-21-10-8-18(26)13-20(21)24(28-25(29)31)16-6-4-3-5-7-16/h3-13H,14-15H2,1-2H3,(H,27,30). The number of carbonyl (C=O) groups excluding carboxylic acids is 1. The van der Waals surface area contributed by atoms with Gasteiger partial charge in [0, 0.05) is 28.1 Å². The molecule has 7 nitrogen and oxygen atoms in total. The molecule has 0 aliphatic carbocycles. The summed E-state index contributed by atoms with van der Waals surface area (Å²) in [6.45, 7) is 0.0264. The van der Waals surface area contributed by atoms with Crippen LogP contribution < -0.4 is 20.5 Å². The van der Waals surface area contributed by atoms with Gasteiger partial charge in [0.15, 0.2) is 0 Å². The van der Waals surface area contributed by atoms with Gasteiger partial charge in [-0.1, -0.05) is 41.9 Å². The molecule has 0 aliphatic heterocycles. The van der Waals surface area contributed by atoms with Gasteiger partial charge in [-0.15, -0.1) is 0 Å². The highest BCUT2D eigenvalue weighted by atomic mass is 35.5. The Hall–Kier alpha value is -3.84. The van der Waals surface area contributed by atoms with Crippen LogP contribution >= 0.6 is 11.6 Å². The van der Waals surface area contributed by atoms with E-state index < -0.39 is 5.69 Å². The normalized spacial score (nSPS) is 10.8. The number of hydrogen-bond donors (Lipinski definition) is 1. The maximum absolute atomic E-state index is 12.9. The first-order valence-electron chi connectivity index (χ1n) is 10.2. The molecule has 1 amide bonds. The molecular weight excluding hydrogens is 442 g/mol. The van der Waals surface area contributed by atoms with Crippen LogP contribution in [-0.2, 0) is 17.9 Å². The molecular formula is C25H22ClN3O4. The molecule has 0 saturated carbocycles. The minimum absolute atomic E-state index is 0.189. The largest absolute Gasteiger partial charge is 0.497 e. The van der Waals surface area contributed by atoms with Crippen molar-refractivity contribution in [2.75, 3.05) is 14.2 Å². The zero-order chi connectivity index (χ0) is 23.4. The minimum atomic E-state index is -0.516. The molecule has 0 unspecified atom stereocenters. The monoisotopic (exact) mass is 463 g/mol. The summed E-state index contributed by atoms with van der Waals surface area (Å²) in [5.74, 6) is 0.939. The van der Waals surface area contributed by atoms with Crippen molar-refractivity contribution in [3.05, 3.63) is 87.8 Å². The van der Waals surface area contributed by atoms with E-state index in [-0.39, 0.29) is 19.0 Å². The van der Waals surface area contributed by atoms with Crippen molar-refractivity contribution < 1.29 is 14.3 Å². The lowest BCUT2D eigenvalue weighted by Crippen LogP contribution is -2.33. The Labute approximate surface area is 195 Å². The number of rotatable bonds is 7. The van der Waals surface area contributed by atoms with E-state index in [9.17, 15) is 9.59 Å². The van der Waals surface area contributed by atoms with E-state index in [1.54, 1.807) is 50.6 Å². The lowest BCUT2D eigenvalue weighted by molar-refractivity contribution is -0.121. The van der Waals surface area contributed by atoms with Gasteiger partial charge in [0.1, 0.15) is 18.0 Å². The summed E-state index contributed by atoms with van der Waals surface area (Å²) in [7, 11) is 3.13. The Kier molecular flexibility index (Phi) is 6.60. The minimum Gasteiger partial charge on any atom is -0.497 e. The van der Waals surface area contributed by atoms with Crippen molar-refractivity contribution in [1.82, 2.24) is 14.9 Å². The van der Waals surface area contributed by atoms with Crippen LogP contribution in [0.15, 0.2) is 71.5 Å². The van der Waals surface area contributed by atoms with Gasteiger partial charge in [-0.05, 0) is 36.4 Å². The van der Waals surface area contributed by atoms with Crippen molar-refractivity contribution in [2.45, 2.75) is 13.1 Å². The van der Waals surface area contributed by atoms with Gasteiger partial charge in [0.2, 0.25) is 5.91 Å². The van der Waals surface area contributed by atoms with E-state index in [0.29, 0.717) is 33.1 Å². The van der Waals surface area contributed by atoms with Crippen molar-refractivity contribution in [1.29, 1.82) is 0 Å². The van der Waals surface area contributed by atoms with E-state index in [1.807, 2.05) is 30.3 Å². The number of nitrogens with zero attached hydrogens (tertiary/aromatic N) is 2. The summed E-state index contributed by atoms with van der Waals surface area (Å²) < 4.78 is 11.9. The fourth-order valence-corrected chi connectivity index (χ4v) is 3.81. The molecule has 1 aromatic heterocycles. The number of amides is 1. The Morgan fingerprint density at radius 3 is 2.55 bits per heavy atom. The first kappa shape index (κ1) is 22.4. The molecule has 0 fully saturated rings. The summed E-state index contributed by atoms with van der Waals surface area (Å²) in [6, 6.07) is 19.9. The van der Waals surface area contributed by atoms with Crippen LogP contribution in [-0.4, -0.2) is 29.7 Å². The zero-order valence-electron chi connectivity index (χ0n) is 18.2. The fourth-order valence-electron chi connectivity index (χ4n) is 3.63. The van der Waals surface area contributed by atoms with Crippen LogP contribution in [0, 0.1) is 0 Å². The third-order valence-electron chi connectivity index (χ3n) is 5.26. The van der Waals surface area contributed by atoms with Crippen LogP contribution in [0.4, 0.5) is 0 Å². The van der Waals surface area contributed by atoms with Gasteiger partial charge in [-0.25, -0.2) is 4.79 Å². The van der Waals surface area contributed by atoms with Crippen LogP contribution in [0.25, 0.3) is 22.2 Å². The maximum atomic E-state index is 12.9. The molecule has 3 aromatic carbocycles. The van der Waals surface area contributed by atoms with Crippen molar-refractivity contribution in [3.63, 3.8) is 0 Å². The Balaban J connectivity index is 1.64. The number of nitrogens with one attached hydrogen (secondary N) is 1. The second-order valence-corrected chi connectivity index (χ2v) is 7.75. The molecule has 8 heteroatoms. The van der Waals surface area contributed by atoms with E-state index in [0.717, 1.165) is 11.1 Å². The first-order valence-corrected chi connectivity index (χ1v) is 10.6. The number of carbonyl (C=O) groups is 1. The highest BCUT2D eigenvalue weighted by Crippen LogP contribution is 2.28. The second-order valence-electron chi connectivity index (χ2n) is 7.31. The predicted molar refractivity (Wildman–Crippen MR) is 128 cm³/mol. The number of aromatic nitrogens is 2. The number of methoxy groups -OCH3 is 2. The van der Waals surface area contributed by atoms with Gasteiger partial charge in [0.05, 0.1) is 25.4 Å². The number of ether oxygens (including phenoxy) is 2. The second kappa shape index (κ2) is 9.75. The molecule has 0 radical (unpaired) electrons. The smallest absolute Gasteiger partial charge is 0.349 e. The van der Waals surface area contributed by atoms with E-state index in [4.69, 9.17) is 21.1 Å². The summed E-state index contributed by atoms with van der Waals surface area (Å²) in [6.07, 6.45) is 0. The van der Waals surface area contributed by atoms with Crippen LogP contribution in [0.2, 0.25) is 5.02 Å². The predicted octanol–water partition coefficient (Wildman–Crippen LogP) is 4.05. The number of fused-ring (bicyclic) bond motifs is 1. The van der Waals surface area contributed by atoms with E-state index in [1.165, 1.54) is 4.57 Å². The first-order chi connectivity index (χ1) is 16.0. The molecule has 0 spiro atoms. The Bertz CT molecular complexity index is 1370. The molecule has 33 heavy (non-hydrogen) atoms. The van der Waals surface area contributed by atoms with Crippen molar-refractivity contribution in [2.24, 2.45) is 0 Å². The number of hydrogen-bond acceptors (Lipinski definition) is 5. The molecule has 4 rings (SSSR count). The molecule has 0 atom stereocenters. The highest BCUT2D eigenvalue weighted by molar-refractivity contribution is 6.31. The quantitative estimate of drug-likeness (QED) is 0.447. The highest BCUT2D eigenvalue weighted by Gasteiger charge is 2.15. The van der Waals surface area contributed by atoms with Gasteiger partial charge >= 0.3 is 5.69 Å². The van der Waals surface area contributed by atoms with Crippen LogP contribution in [0.1, 0.15) is 5.56 Å². The third-order valence-corrected chi connectivity index (χ3v) is 5.49. The third kappa shape index (κ3) is 4.83. The lowest BCUT2D eigenvalue weighted by atomic mass is 10.1. The molecule has 0 bridgehead atoms. The van der Waals surface area contributed by atoms with E-state index in [2.05, 4.69) is 10.3 Å². The SMILES string of the molecule is COc1ccc(OC)c(CNC(=O)Cn2c(=O)nc(-c3ccccc3)c3cc(Cl)ccc32)c1. The summed E-state index contributed by atoms with van der Waals surface area (Å²) in [5, 5.41) is 4.04. The maximum Gasteiger partial charge on any atom is 0.349 e. The molecule has 4 aromatic rings.